The molecule has 0 spiro atoms. The summed E-state index contributed by atoms with van der Waals surface area (Å²) in [6, 6.07) is 14.8. The fraction of sp³-hybridized carbons (Fsp3) is 0.469. The summed E-state index contributed by atoms with van der Waals surface area (Å²) in [7, 11) is -2.38. The van der Waals surface area contributed by atoms with Crippen LogP contribution in [0.4, 0.5) is 16.3 Å². The maximum absolute atomic E-state index is 13.1. The van der Waals surface area contributed by atoms with Crippen LogP contribution in [0.2, 0.25) is 5.02 Å². The van der Waals surface area contributed by atoms with E-state index in [-0.39, 0.29) is 18.8 Å². The first kappa shape index (κ1) is 32.8. The number of aromatic nitrogens is 3. The van der Waals surface area contributed by atoms with E-state index in [9.17, 15) is 27.9 Å². The Balaban J connectivity index is 1.04. The van der Waals surface area contributed by atoms with Crippen LogP contribution >= 0.6 is 11.6 Å². The van der Waals surface area contributed by atoms with Crippen LogP contribution in [-0.2, 0) is 36.8 Å². The normalized spacial score (nSPS) is 19.0. The summed E-state index contributed by atoms with van der Waals surface area (Å²) in [5.41, 5.74) is 0.886. The number of ether oxygens (including phenoxy) is 1. The number of hydrogen-bond donors (Lipinski definition) is 3. The van der Waals surface area contributed by atoms with Crippen LogP contribution < -0.4 is 14.9 Å². The zero-order chi connectivity index (χ0) is 33.6. The molecule has 2 amide bonds. The highest BCUT2D eigenvalue weighted by atomic mass is 35.5. The average Bonchev–Trinajstić information content (AvgIpc) is 3.96. The van der Waals surface area contributed by atoms with Crippen molar-refractivity contribution in [1.82, 2.24) is 19.7 Å². The number of nitrogens with zero attached hydrogens (tertiary/aromatic N) is 4. The van der Waals surface area contributed by atoms with E-state index in [2.05, 4.69) is 25.3 Å². The molecule has 2 aromatic carbocycles. The first-order valence-electron chi connectivity index (χ1n) is 15.6. The minimum atomic E-state index is -4.09. The van der Waals surface area contributed by atoms with Crippen LogP contribution in [0.25, 0.3) is 0 Å². The van der Waals surface area contributed by atoms with Crippen molar-refractivity contribution in [3.05, 3.63) is 70.4 Å². The Morgan fingerprint density at radius 3 is 2.32 bits per heavy atom. The molecule has 3 N–H and O–H groups in total. The Labute approximate surface area is 277 Å². The predicted molar refractivity (Wildman–Crippen MR) is 174 cm³/mol. The second-order valence-electron chi connectivity index (χ2n) is 12.8. The maximum atomic E-state index is 13.1. The van der Waals surface area contributed by atoms with E-state index in [0.717, 1.165) is 37.2 Å². The van der Waals surface area contributed by atoms with E-state index in [1.54, 1.807) is 20.0 Å². The van der Waals surface area contributed by atoms with Gasteiger partial charge in [0, 0.05) is 42.3 Å². The molecule has 0 bridgehead atoms. The number of nitrogens with one attached hydrogen (secondary N) is 2. The number of halogens is 1. The molecule has 0 unspecified atom stereocenters. The minimum absolute atomic E-state index is 0.0618. The van der Waals surface area contributed by atoms with Gasteiger partial charge in [0.2, 0.25) is 15.9 Å². The number of anilines is 2. The van der Waals surface area contributed by atoms with E-state index in [4.69, 9.17) is 16.3 Å². The minimum Gasteiger partial charge on any atom is -0.481 e. The standard InChI is InChI=1S/C32H37ClN6O7S/c1-20(24-5-3-4-6-25(24)33)46-30(43)34-27-26(35-37-38(27)2)21-11-17-39(18-12-21)23-9-7-22(8-10-23)32(15-16-32)28(40)36-47(44,45)19-31(13-14-31)29(41)42/h3-10,20-21H,11-19H2,1-2H3,(H,34,43)(H,36,40)(H,41,42)/t20-/m1/s1. The summed E-state index contributed by atoms with van der Waals surface area (Å²) in [5, 5.41) is 21.2. The Bertz CT molecular complexity index is 1800. The average molecular weight is 685 g/mol. The highest BCUT2D eigenvalue weighted by Crippen LogP contribution is 2.50. The molecule has 3 aromatic rings. The smallest absolute Gasteiger partial charge is 0.413 e. The molecular weight excluding hydrogens is 648 g/mol. The van der Waals surface area contributed by atoms with E-state index >= 15 is 0 Å². The van der Waals surface area contributed by atoms with Gasteiger partial charge in [-0.3, -0.25) is 19.6 Å². The van der Waals surface area contributed by atoms with Crippen molar-refractivity contribution in [1.29, 1.82) is 0 Å². The predicted octanol–water partition coefficient (Wildman–Crippen LogP) is 4.50. The molecule has 1 atom stereocenters. The van der Waals surface area contributed by atoms with Gasteiger partial charge in [-0.25, -0.2) is 17.9 Å². The van der Waals surface area contributed by atoms with Crippen LogP contribution in [0.1, 0.15) is 74.3 Å². The van der Waals surface area contributed by atoms with Crippen LogP contribution in [0.3, 0.4) is 0 Å². The number of piperidine rings is 1. The quantitative estimate of drug-likeness (QED) is 0.261. The number of carbonyl (C=O) groups excluding carboxylic acids is 2. The lowest BCUT2D eigenvalue weighted by Crippen LogP contribution is -2.42. The van der Waals surface area contributed by atoms with Crippen LogP contribution in [0.15, 0.2) is 48.5 Å². The van der Waals surface area contributed by atoms with Crippen molar-refractivity contribution in [3.8, 4) is 0 Å². The number of amides is 2. The molecule has 15 heteroatoms. The monoisotopic (exact) mass is 684 g/mol. The van der Waals surface area contributed by atoms with Gasteiger partial charge in [0.25, 0.3) is 0 Å². The van der Waals surface area contributed by atoms with E-state index in [1.807, 2.05) is 42.5 Å². The summed E-state index contributed by atoms with van der Waals surface area (Å²) >= 11 is 6.25. The summed E-state index contributed by atoms with van der Waals surface area (Å²) in [4.78, 5) is 39.6. The number of rotatable bonds is 11. The third kappa shape index (κ3) is 6.79. The molecule has 2 heterocycles. The SMILES string of the molecule is C[C@@H](OC(=O)Nc1c(C2CCN(c3ccc(C4(C(=O)NS(=O)(=O)CC5(C(=O)O)CC5)CC4)cc3)CC2)nnn1C)c1ccccc1Cl. The van der Waals surface area contributed by atoms with Crippen molar-refractivity contribution in [2.24, 2.45) is 12.5 Å². The first-order valence-corrected chi connectivity index (χ1v) is 17.6. The van der Waals surface area contributed by atoms with E-state index < -0.39 is 50.7 Å². The molecule has 0 radical (unpaired) electrons. The van der Waals surface area contributed by atoms with Crippen molar-refractivity contribution in [2.75, 3.05) is 29.1 Å². The van der Waals surface area contributed by atoms with Gasteiger partial charge in [-0.1, -0.05) is 47.1 Å². The van der Waals surface area contributed by atoms with Crippen molar-refractivity contribution in [2.45, 2.75) is 62.9 Å². The van der Waals surface area contributed by atoms with Crippen molar-refractivity contribution in [3.63, 3.8) is 0 Å². The summed E-state index contributed by atoms with van der Waals surface area (Å²) < 4.78 is 34.5. The highest BCUT2D eigenvalue weighted by Gasteiger charge is 2.56. The molecular formula is C32H37ClN6O7S. The number of aliphatic carboxylic acids is 1. The van der Waals surface area contributed by atoms with Gasteiger partial charge < -0.3 is 14.7 Å². The third-order valence-electron chi connectivity index (χ3n) is 9.57. The summed E-state index contributed by atoms with van der Waals surface area (Å²) in [5.74, 6) is -1.81. The van der Waals surface area contributed by atoms with Crippen LogP contribution in [0.5, 0.6) is 0 Å². The maximum Gasteiger partial charge on any atom is 0.413 e. The lowest BCUT2D eigenvalue weighted by Gasteiger charge is -2.33. The Kier molecular flexibility index (Phi) is 8.68. The molecule has 47 heavy (non-hydrogen) atoms. The number of aryl methyl sites for hydroxylation is 1. The summed E-state index contributed by atoms with van der Waals surface area (Å²) in [6.07, 6.45) is 1.96. The lowest BCUT2D eigenvalue weighted by atomic mass is 9.92. The second kappa shape index (κ2) is 12.5. The van der Waals surface area contributed by atoms with Gasteiger partial charge in [-0.05, 0) is 69.2 Å². The number of benzene rings is 2. The Morgan fingerprint density at radius 2 is 1.72 bits per heavy atom. The largest absolute Gasteiger partial charge is 0.481 e. The Morgan fingerprint density at radius 1 is 1.06 bits per heavy atom. The zero-order valence-electron chi connectivity index (χ0n) is 26.1. The topological polar surface area (TPSA) is 173 Å². The summed E-state index contributed by atoms with van der Waals surface area (Å²) in [6.45, 7) is 3.20. The van der Waals surface area contributed by atoms with Gasteiger partial charge >= 0.3 is 12.1 Å². The fourth-order valence-electron chi connectivity index (χ4n) is 6.33. The van der Waals surface area contributed by atoms with Gasteiger partial charge in [-0.15, -0.1) is 5.10 Å². The number of carboxylic acids is 1. The fourth-order valence-corrected chi connectivity index (χ4v) is 8.31. The first-order chi connectivity index (χ1) is 22.3. The Hall–Kier alpha value is -4.17. The molecule has 1 aliphatic heterocycles. The third-order valence-corrected chi connectivity index (χ3v) is 11.3. The number of carboxylic acid groups (broad SMARTS) is 1. The molecule has 3 fully saturated rings. The zero-order valence-corrected chi connectivity index (χ0v) is 27.7. The van der Waals surface area contributed by atoms with Crippen molar-refractivity contribution >= 4 is 51.1 Å². The molecule has 3 aliphatic rings. The number of hydrogen-bond acceptors (Lipinski definition) is 9. The van der Waals surface area contributed by atoms with Gasteiger partial charge in [0.05, 0.1) is 16.6 Å². The molecule has 1 aromatic heterocycles. The molecule has 13 nitrogen and oxygen atoms in total. The second-order valence-corrected chi connectivity index (χ2v) is 14.9. The van der Waals surface area contributed by atoms with Crippen LogP contribution in [-0.4, -0.2) is 65.3 Å². The van der Waals surface area contributed by atoms with Gasteiger partial charge in [0.15, 0.2) is 5.82 Å². The number of sulfonamides is 1. The van der Waals surface area contributed by atoms with E-state index in [0.29, 0.717) is 34.9 Å². The molecule has 2 saturated carbocycles. The van der Waals surface area contributed by atoms with Crippen molar-refractivity contribution < 1.29 is 32.6 Å². The van der Waals surface area contributed by atoms with Gasteiger partial charge in [0.1, 0.15) is 11.8 Å². The number of carbonyl (C=O) groups is 3. The highest BCUT2D eigenvalue weighted by molar-refractivity contribution is 7.90. The molecule has 1 saturated heterocycles. The molecule has 250 valence electrons. The van der Waals surface area contributed by atoms with E-state index in [1.165, 1.54) is 4.68 Å². The molecule has 2 aliphatic carbocycles. The van der Waals surface area contributed by atoms with Gasteiger partial charge in [-0.2, -0.15) is 0 Å². The van der Waals surface area contributed by atoms with Crippen LogP contribution in [0, 0.1) is 5.41 Å². The lowest BCUT2D eigenvalue weighted by molar-refractivity contribution is -0.142. The molecule has 6 rings (SSSR count).